The molecule has 1 fully saturated rings. The number of ether oxygens (including phenoxy) is 4. The van der Waals surface area contributed by atoms with Crippen molar-refractivity contribution in [2.45, 2.75) is 19.4 Å². The van der Waals surface area contributed by atoms with Gasteiger partial charge in [0.2, 0.25) is 5.75 Å². The molecule has 0 unspecified atom stereocenters. The van der Waals surface area contributed by atoms with E-state index in [1.165, 1.54) is 4.88 Å². The topological polar surface area (TPSA) is 68.3 Å². The standard InChI is InChI=1S/C23H32N4O4S2/c1-28-18-13-16(14-19(29-2)21(18)30-3)22-25-17-5-8-27(15-20(17)33-22)23(32)24-6-4-7-26-9-11-31-12-10-26/h13-14H,4-12,15H2,1-3H3,(H,24,32). The first-order chi connectivity index (χ1) is 16.1. The average molecular weight is 493 g/mol. The summed E-state index contributed by atoms with van der Waals surface area (Å²) in [6.07, 6.45) is 1.96. The summed E-state index contributed by atoms with van der Waals surface area (Å²) in [5.74, 6) is 1.84. The summed E-state index contributed by atoms with van der Waals surface area (Å²) < 4.78 is 21.9. The molecule has 180 valence electrons. The average Bonchev–Trinajstić information content (AvgIpc) is 3.29. The molecule has 0 saturated carbocycles. The van der Waals surface area contributed by atoms with Gasteiger partial charge in [0.15, 0.2) is 16.6 Å². The fourth-order valence-electron chi connectivity index (χ4n) is 4.13. The van der Waals surface area contributed by atoms with E-state index in [4.69, 9.17) is 36.1 Å². The van der Waals surface area contributed by atoms with Crippen LogP contribution in [0.25, 0.3) is 10.6 Å². The van der Waals surface area contributed by atoms with Crippen LogP contribution >= 0.6 is 23.6 Å². The Morgan fingerprint density at radius 1 is 1.12 bits per heavy atom. The van der Waals surface area contributed by atoms with Gasteiger partial charge in [-0.1, -0.05) is 0 Å². The van der Waals surface area contributed by atoms with Gasteiger partial charge >= 0.3 is 0 Å². The third-order valence-corrected chi connectivity index (χ3v) is 7.50. The monoisotopic (exact) mass is 492 g/mol. The zero-order valence-electron chi connectivity index (χ0n) is 19.5. The molecule has 8 nitrogen and oxygen atoms in total. The number of thiazole rings is 1. The van der Waals surface area contributed by atoms with Crippen LogP contribution in [-0.2, 0) is 17.7 Å². The quantitative estimate of drug-likeness (QED) is 0.443. The van der Waals surface area contributed by atoms with Crippen molar-refractivity contribution >= 4 is 28.7 Å². The molecule has 33 heavy (non-hydrogen) atoms. The van der Waals surface area contributed by atoms with Gasteiger partial charge in [0.1, 0.15) is 5.01 Å². The van der Waals surface area contributed by atoms with Gasteiger partial charge < -0.3 is 29.2 Å². The van der Waals surface area contributed by atoms with E-state index >= 15 is 0 Å². The zero-order valence-corrected chi connectivity index (χ0v) is 21.1. The van der Waals surface area contributed by atoms with Crippen molar-refractivity contribution in [1.29, 1.82) is 0 Å². The van der Waals surface area contributed by atoms with E-state index in [1.807, 2.05) is 12.1 Å². The number of morpholine rings is 1. The van der Waals surface area contributed by atoms with Gasteiger partial charge in [-0.15, -0.1) is 11.3 Å². The molecular weight excluding hydrogens is 460 g/mol. The molecule has 1 aromatic heterocycles. The minimum absolute atomic E-state index is 0.585. The number of nitrogens with zero attached hydrogens (tertiary/aromatic N) is 3. The van der Waals surface area contributed by atoms with Crippen molar-refractivity contribution in [3.63, 3.8) is 0 Å². The van der Waals surface area contributed by atoms with Crippen LogP contribution in [0, 0.1) is 0 Å². The number of fused-ring (bicyclic) bond motifs is 1. The Labute approximate surface area is 204 Å². The maximum atomic E-state index is 5.68. The highest BCUT2D eigenvalue weighted by Gasteiger charge is 2.24. The predicted molar refractivity (Wildman–Crippen MR) is 134 cm³/mol. The molecular formula is C23H32N4O4S2. The Morgan fingerprint density at radius 3 is 2.52 bits per heavy atom. The predicted octanol–water partition coefficient (Wildman–Crippen LogP) is 2.79. The molecule has 0 radical (unpaired) electrons. The first-order valence-corrected chi connectivity index (χ1v) is 12.5. The maximum Gasteiger partial charge on any atom is 0.203 e. The number of rotatable bonds is 8. The number of methoxy groups -OCH3 is 3. The lowest BCUT2D eigenvalue weighted by atomic mass is 10.1. The first-order valence-electron chi connectivity index (χ1n) is 11.2. The third-order valence-electron chi connectivity index (χ3n) is 5.96. The largest absolute Gasteiger partial charge is 0.493 e. The summed E-state index contributed by atoms with van der Waals surface area (Å²) in [6, 6.07) is 3.90. The summed E-state index contributed by atoms with van der Waals surface area (Å²) >= 11 is 7.38. The van der Waals surface area contributed by atoms with Gasteiger partial charge in [-0.25, -0.2) is 4.98 Å². The molecule has 0 spiro atoms. The number of hydrogen-bond donors (Lipinski definition) is 1. The second-order valence-electron chi connectivity index (χ2n) is 8.01. The Bertz CT molecular complexity index is 937. The fourth-order valence-corrected chi connectivity index (χ4v) is 5.50. The molecule has 2 aliphatic rings. The summed E-state index contributed by atoms with van der Waals surface area (Å²) in [7, 11) is 4.86. The summed E-state index contributed by atoms with van der Waals surface area (Å²) in [6.45, 7) is 7.37. The molecule has 1 saturated heterocycles. The van der Waals surface area contributed by atoms with Crippen molar-refractivity contribution in [1.82, 2.24) is 20.1 Å². The van der Waals surface area contributed by atoms with Gasteiger partial charge in [0.05, 0.1) is 46.8 Å². The lowest BCUT2D eigenvalue weighted by Gasteiger charge is -2.29. The number of thiocarbonyl (C=S) groups is 1. The minimum Gasteiger partial charge on any atom is -0.493 e. The zero-order chi connectivity index (χ0) is 23.2. The van der Waals surface area contributed by atoms with Gasteiger partial charge in [-0.3, -0.25) is 4.90 Å². The van der Waals surface area contributed by atoms with E-state index < -0.39 is 0 Å². The van der Waals surface area contributed by atoms with Crippen LogP contribution in [-0.4, -0.2) is 87.2 Å². The van der Waals surface area contributed by atoms with Gasteiger partial charge in [0, 0.05) is 43.0 Å². The van der Waals surface area contributed by atoms with Crippen molar-refractivity contribution < 1.29 is 18.9 Å². The minimum atomic E-state index is 0.585. The van der Waals surface area contributed by atoms with E-state index in [0.717, 1.165) is 86.7 Å². The molecule has 0 atom stereocenters. The molecule has 0 bridgehead atoms. The maximum absolute atomic E-state index is 5.68. The van der Waals surface area contributed by atoms with Crippen LogP contribution in [0.1, 0.15) is 17.0 Å². The Hall–Kier alpha value is -2.14. The van der Waals surface area contributed by atoms with E-state index in [1.54, 1.807) is 32.7 Å². The van der Waals surface area contributed by atoms with Crippen LogP contribution in [0.3, 0.4) is 0 Å². The summed E-state index contributed by atoms with van der Waals surface area (Å²) in [5.41, 5.74) is 2.11. The molecule has 2 aliphatic heterocycles. The van der Waals surface area contributed by atoms with Crippen molar-refractivity contribution in [2.75, 3.05) is 67.3 Å². The van der Waals surface area contributed by atoms with Crippen LogP contribution in [0.4, 0.5) is 0 Å². The van der Waals surface area contributed by atoms with E-state index in [9.17, 15) is 0 Å². The molecule has 1 aromatic carbocycles. The van der Waals surface area contributed by atoms with E-state index in [-0.39, 0.29) is 0 Å². The number of aromatic nitrogens is 1. The van der Waals surface area contributed by atoms with E-state index in [2.05, 4.69) is 15.1 Å². The number of benzene rings is 1. The van der Waals surface area contributed by atoms with Gasteiger partial charge in [-0.05, 0) is 37.3 Å². The lowest BCUT2D eigenvalue weighted by Crippen LogP contribution is -2.43. The van der Waals surface area contributed by atoms with E-state index in [0.29, 0.717) is 17.2 Å². The van der Waals surface area contributed by atoms with Crippen LogP contribution in [0.2, 0.25) is 0 Å². The van der Waals surface area contributed by atoms with Crippen LogP contribution in [0.5, 0.6) is 17.2 Å². The Morgan fingerprint density at radius 2 is 1.85 bits per heavy atom. The summed E-state index contributed by atoms with van der Waals surface area (Å²) in [4.78, 5) is 10.8. The highest BCUT2D eigenvalue weighted by molar-refractivity contribution is 7.80. The smallest absolute Gasteiger partial charge is 0.203 e. The van der Waals surface area contributed by atoms with Crippen LogP contribution < -0.4 is 19.5 Å². The second-order valence-corrected chi connectivity index (χ2v) is 9.48. The molecule has 0 amide bonds. The van der Waals surface area contributed by atoms with Crippen molar-refractivity contribution in [3.05, 3.63) is 22.7 Å². The molecule has 0 aliphatic carbocycles. The molecule has 4 rings (SSSR count). The third kappa shape index (κ3) is 5.68. The van der Waals surface area contributed by atoms with Crippen molar-refractivity contribution in [2.24, 2.45) is 0 Å². The SMILES string of the molecule is COc1cc(-c2nc3c(s2)CN(C(=S)NCCCN2CCOCC2)CC3)cc(OC)c1OC. The number of nitrogens with one attached hydrogen (secondary N) is 1. The highest BCUT2D eigenvalue weighted by Crippen LogP contribution is 2.42. The van der Waals surface area contributed by atoms with Crippen molar-refractivity contribution in [3.8, 4) is 27.8 Å². The van der Waals surface area contributed by atoms with Gasteiger partial charge in [0.25, 0.3) is 0 Å². The molecule has 2 aromatic rings. The molecule has 1 N–H and O–H groups in total. The highest BCUT2D eigenvalue weighted by atomic mass is 32.1. The fraction of sp³-hybridized carbons (Fsp3) is 0.565. The number of hydrogen-bond acceptors (Lipinski definition) is 8. The normalized spacial score (nSPS) is 16.3. The molecule has 10 heteroatoms. The Balaban J connectivity index is 1.36. The molecule has 3 heterocycles. The van der Waals surface area contributed by atoms with Crippen LogP contribution in [0.15, 0.2) is 12.1 Å². The summed E-state index contributed by atoms with van der Waals surface area (Å²) in [5, 5.41) is 5.21. The lowest BCUT2D eigenvalue weighted by molar-refractivity contribution is 0.0376. The Kier molecular flexibility index (Phi) is 8.24. The first kappa shape index (κ1) is 24.0. The second kappa shape index (κ2) is 11.3. The van der Waals surface area contributed by atoms with Gasteiger partial charge in [-0.2, -0.15) is 0 Å².